The second kappa shape index (κ2) is 11.3. The van der Waals surface area contributed by atoms with Gasteiger partial charge in [-0.15, -0.1) is 0 Å². The van der Waals surface area contributed by atoms with Crippen LogP contribution in [0.1, 0.15) is 37.4 Å². The third-order valence-electron chi connectivity index (χ3n) is 6.56. The van der Waals surface area contributed by atoms with Crippen LogP contribution in [-0.2, 0) is 9.53 Å². The van der Waals surface area contributed by atoms with Gasteiger partial charge in [0.1, 0.15) is 5.82 Å². The number of carbonyl (C=O) groups is 1. The number of piperidine rings is 1. The molecule has 2 saturated heterocycles. The van der Waals surface area contributed by atoms with Gasteiger partial charge in [0, 0.05) is 37.4 Å². The molecule has 3 aromatic rings. The molecule has 0 bridgehead atoms. The zero-order chi connectivity index (χ0) is 25.7. The van der Waals surface area contributed by atoms with Crippen molar-refractivity contribution in [3.8, 4) is 11.1 Å². The highest BCUT2D eigenvalue weighted by Gasteiger charge is 2.38. The van der Waals surface area contributed by atoms with E-state index in [1.807, 2.05) is 28.9 Å². The first-order valence-electron chi connectivity index (χ1n) is 11.9. The monoisotopic (exact) mass is 508 g/mol. The first-order chi connectivity index (χ1) is 17.2. The van der Waals surface area contributed by atoms with Gasteiger partial charge in [-0.1, -0.05) is 12.1 Å². The maximum atomic E-state index is 13.5. The molecule has 36 heavy (non-hydrogen) atoms. The predicted octanol–water partition coefficient (Wildman–Crippen LogP) is 4.77. The first kappa shape index (κ1) is 26.0. The Morgan fingerprint density at radius 2 is 1.75 bits per heavy atom. The van der Waals surface area contributed by atoms with Crippen molar-refractivity contribution in [1.82, 2.24) is 19.5 Å². The largest absolute Gasteiger partial charge is 0.490 e. The van der Waals surface area contributed by atoms with Gasteiger partial charge in [0.05, 0.1) is 0 Å². The topological polar surface area (TPSA) is 80.0 Å². The van der Waals surface area contributed by atoms with E-state index in [1.165, 1.54) is 25.5 Å². The minimum absolute atomic E-state index is 0.227. The zero-order valence-electron chi connectivity index (χ0n) is 19.6. The zero-order valence-corrected chi connectivity index (χ0v) is 19.6. The molecule has 5 rings (SSSR count). The summed E-state index contributed by atoms with van der Waals surface area (Å²) in [6.07, 6.45) is 1.47. The van der Waals surface area contributed by atoms with E-state index < -0.39 is 12.1 Å². The number of carboxylic acid groups (broad SMARTS) is 1. The van der Waals surface area contributed by atoms with Crippen LogP contribution in [0.5, 0.6) is 0 Å². The number of halogens is 4. The smallest absolute Gasteiger partial charge is 0.475 e. The van der Waals surface area contributed by atoms with Crippen molar-refractivity contribution in [1.29, 1.82) is 0 Å². The minimum atomic E-state index is -5.08. The van der Waals surface area contributed by atoms with Crippen molar-refractivity contribution in [2.45, 2.75) is 37.8 Å². The number of benzene rings is 1. The summed E-state index contributed by atoms with van der Waals surface area (Å²) in [4.78, 5) is 16.3. The van der Waals surface area contributed by atoms with Crippen LogP contribution < -0.4 is 0 Å². The Labute approximate surface area is 205 Å². The van der Waals surface area contributed by atoms with E-state index in [1.54, 1.807) is 12.1 Å². The number of hydrogen-bond acceptors (Lipinski definition) is 5. The molecule has 4 heterocycles. The summed E-state index contributed by atoms with van der Waals surface area (Å²) in [6.45, 7) is 5.28. The molecule has 0 unspecified atom stereocenters. The standard InChI is InChI=1S/C23H27FN4O.C2HF3O2/c24-21-3-1-2-19(14-21)20-4-5-22-25-23(26-28(22)16-20)18-6-10-27(11-7-18)15-17-8-12-29-13-9-17;3-2(4,5)1(6)7/h1-5,14,16-18H,6-13,15H2;(H,6,7). The van der Waals surface area contributed by atoms with Crippen molar-refractivity contribution in [3.05, 3.63) is 54.2 Å². The van der Waals surface area contributed by atoms with Crippen LogP contribution in [0.2, 0.25) is 0 Å². The molecule has 0 saturated carbocycles. The summed E-state index contributed by atoms with van der Waals surface area (Å²) in [5, 5.41) is 11.9. The van der Waals surface area contributed by atoms with E-state index in [-0.39, 0.29) is 5.82 Å². The van der Waals surface area contributed by atoms with E-state index in [2.05, 4.69) is 4.90 Å². The van der Waals surface area contributed by atoms with Crippen LogP contribution >= 0.6 is 0 Å². The number of pyridine rings is 1. The summed E-state index contributed by atoms with van der Waals surface area (Å²) in [5.41, 5.74) is 2.65. The van der Waals surface area contributed by atoms with Crippen LogP contribution in [-0.4, -0.2) is 69.6 Å². The lowest BCUT2D eigenvalue weighted by atomic mass is 9.93. The molecule has 1 aromatic carbocycles. The van der Waals surface area contributed by atoms with Crippen LogP contribution in [0.15, 0.2) is 42.6 Å². The molecule has 2 aromatic heterocycles. The van der Waals surface area contributed by atoms with Gasteiger partial charge in [-0.25, -0.2) is 18.7 Å². The summed E-state index contributed by atoms with van der Waals surface area (Å²) in [7, 11) is 0. The molecule has 2 aliphatic rings. The SMILES string of the molecule is Fc1cccc(-c2ccc3nc(C4CCN(CC5CCOCC5)CC4)nn3c2)c1.O=C(O)C(F)(F)F. The Morgan fingerprint density at radius 3 is 2.39 bits per heavy atom. The lowest BCUT2D eigenvalue weighted by molar-refractivity contribution is -0.192. The number of fused-ring (bicyclic) bond motifs is 1. The van der Waals surface area contributed by atoms with Crippen LogP contribution in [0, 0.1) is 11.7 Å². The van der Waals surface area contributed by atoms with E-state index >= 15 is 0 Å². The fourth-order valence-corrected chi connectivity index (χ4v) is 4.58. The second-order valence-electron chi connectivity index (χ2n) is 9.13. The highest BCUT2D eigenvalue weighted by molar-refractivity contribution is 5.73. The number of hydrogen-bond donors (Lipinski definition) is 1. The van der Waals surface area contributed by atoms with Crippen LogP contribution in [0.4, 0.5) is 17.6 Å². The van der Waals surface area contributed by atoms with Crippen molar-refractivity contribution in [3.63, 3.8) is 0 Å². The lowest BCUT2D eigenvalue weighted by Crippen LogP contribution is -2.38. The van der Waals surface area contributed by atoms with Gasteiger partial charge in [0.25, 0.3) is 0 Å². The van der Waals surface area contributed by atoms with Gasteiger partial charge < -0.3 is 14.7 Å². The molecule has 194 valence electrons. The fraction of sp³-hybridized carbons (Fsp3) is 0.480. The van der Waals surface area contributed by atoms with Gasteiger partial charge in [-0.05, 0) is 74.5 Å². The molecule has 1 N–H and O–H groups in total. The Kier molecular flexibility index (Phi) is 8.20. The average molecular weight is 509 g/mol. The number of aliphatic carboxylic acids is 1. The van der Waals surface area contributed by atoms with Gasteiger partial charge in [-0.3, -0.25) is 0 Å². The maximum Gasteiger partial charge on any atom is 0.490 e. The Morgan fingerprint density at radius 1 is 1.06 bits per heavy atom. The number of rotatable bonds is 4. The van der Waals surface area contributed by atoms with E-state index in [0.717, 1.165) is 67.7 Å². The third-order valence-corrected chi connectivity index (χ3v) is 6.56. The molecular weight excluding hydrogens is 480 g/mol. The molecule has 0 aliphatic carbocycles. The van der Waals surface area contributed by atoms with Gasteiger partial charge in [0.2, 0.25) is 0 Å². The number of aromatic nitrogens is 3. The number of alkyl halides is 3. The number of likely N-dealkylation sites (tertiary alicyclic amines) is 1. The van der Waals surface area contributed by atoms with Gasteiger partial charge in [0.15, 0.2) is 11.5 Å². The highest BCUT2D eigenvalue weighted by atomic mass is 19.4. The molecule has 7 nitrogen and oxygen atoms in total. The van der Waals surface area contributed by atoms with Crippen molar-refractivity contribution in [2.75, 3.05) is 32.8 Å². The summed E-state index contributed by atoms with van der Waals surface area (Å²) >= 11 is 0. The maximum absolute atomic E-state index is 13.5. The van der Waals surface area contributed by atoms with E-state index in [4.69, 9.17) is 24.7 Å². The van der Waals surface area contributed by atoms with Crippen LogP contribution in [0.3, 0.4) is 0 Å². The summed E-state index contributed by atoms with van der Waals surface area (Å²) < 4.78 is 52.6. The molecule has 2 fully saturated rings. The molecule has 0 atom stereocenters. The van der Waals surface area contributed by atoms with Gasteiger partial charge in [-0.2, -0.15) is 18.3 Å². The van der Waals surface area contributed by atoms with Crippen LogP contribution in [0.25, 0.3) is 16.8 Å². The molecular formula is C25H28F4N4O3. The van der Waals surface area contributed by atoms with Crippen molar-refractivity contribution >= 4 is 11.6 Å². The minimum Gasteiger partial charge on any atom is -0.475 e. The third kappa shape index (κ3) is 6.79. The second-order valence-corrected chi connectivity index (χ2v) is 9.13. The number of nitrogens with zero attached hydrogens (tertiary/aromatic N) is 4. The Hall–Kier alpha value is -3.05. The fourth-order valence-electron chi connectivity index (χ4n) is 4.58. The summed E-state index contributed by atoms with van der Waals surface area (Å²) in [6, 6.07) is 10.6. The molecule has 0 radical (unpaired) electrons. The highest BCUT2D eigenvalue weighted by Crippen LogP contribution is 2.28. The number of carboxylic acids is 1. The van der Waals surface area contributed by atoms with E-state index in [9.17, 15) is 17.6 Å². The lowest BCUT2D eigenvalue weighted by Gasteiger charge is -2.34. The molecule has 0 spiro atoms. The molecule has 0 amide bonds. The summed E-state index contributed by atoms with van der Waals surface area (Å²) in [5.74, 6) is -0.845. The molecule has 2 aliphatic heterocycles. The Balaban J connectivity index is 0.000000384. The predicted molar refractivity (Wildman–Crippen MR) is 124 cm³/mol. The van der Waals surface area contributed by atoms with Gasteiger partial charge >= 0.3 is 12.1 Å². The molecule has 11 heteroatoms. The number of ether oxygens (including phenoxy) is 1. The quantitative estimate of drug-likeness (QED) is 0.512. The van der Waals surface area contributed by atoms with Crippen molar-refractivity contribution in [2.24, 2.45) is 5.92 Å². The Bertz CT molecular complexity index is 1170. The normalized spacial score (nSPS) is 18.1. The van der Waals surface area contributed by atoms with E-state index in [0.29, 0.717) is 5.92 Å². The first-order valence-corrected chi connectivity index (χ1v) is 11.9. The average Bonchev–Trinajstić information content (AvgIpc) is 3.28. The van der Waals surface area contributed by atoms with Crippen molar-refractivity contribution < 1.29 is 32.2 Å².